The van der Waals surface area contributed by atoms with Gasteiger partial charge in [0.25, 0.3) is 5.91 Å². The van der Waals surface area contributed by atoms with E-state index in [2.05, 4.69) is 4.72 Å². The number of amides is 1. The van der Waals surface area contributed by atoms with Gasteiger partial charge in [0, 0.05) is 5.02 Å². The first-order chi connectivity index (χ1) is 9.87. The quantitative estimate of drug-likeness (QED) is 0.884. The lowest BCUT2D eigenvalue weighted by atomic mass is 10.2. The smallest absolute Gasteiger partial charge is 0.250 e. The van der Waals surface area contributed by atoms with Crippen molar-refractivity contribution in [2.24, 2.45) is 5.73 Å². The third-order valence-electron chi connectivity index (χ3n) is 2.73. The molecule has 21 heavy (non-hydrogen) atoms. The predicted octanol–water partition coefficient (Wildman–Crippen LogP) is 2.38. The van der Waals surface area contributed by atoms with Crippen LogP contribution in [0.1, 0.15) is 15.9 Å². The van der Waals surface area contributed by atoms with E-state index in [0.29, 0.717) is 10.6 Å². The molecule has 1 amide bonds. The zero-order chi connectivity index (χ0) is 15.5. The summed E-state index contributed by atoms with van der Waals surface area (Å²) in [6.07, 6.45) is 0. The molecule has 0 heterocycles. The number of hydrogen-bond donors (Lipinski definition) is 2. The molecule has 0 radical (unpaired) electrons. The molecule has 0 aliphatic heterocycles. The molecule has 0 bridgehead atoms. The van der Waals surface area contributed by atoms with Crippen molar-refractivity contribution in [3.05, 3.63) is 64.7 Å². The maximum absolute atomic E-state index is 12.1. The third kappa shape index (κ3) is 4.21. The standard InChI is InChI=1S/C14H13ClN2O3S/c15-11-7-5-10(6-8-11)9-21(19,20)17-13-4-2-1-3-12(13)14(16)18/h1-8,17H,9H2,(H2,16,18). The normalized spacial score (nSPS) is 11.1. The fourth-order valence-corrected chi connectivity index (χ4v) is 3.13. The number of carbonyl (C=O) groups excluding carboxylic acids is 1. The molecule has 0 atom stereocenters. The van der Waals surface area contributed by atoms with Gasteiger partial charge in [-0.3, -0.25) is 9.52 Å². The van der Waals surface area contributed by atoms with Gasteiger partial charge in [0.15, 0.2) is 0 Å². The SMILES string of the molecule is NC(=O)c1ccccc1NS(=O)(=O)Cc1ccc(Cl)cc1. The third-order valence-corrected chi connectivity index (χ3v) is 4.22. The minimum absolute atomic E-state index is 0.122. The van der Waals surface area contributed by atoms with Crippen LogP contribution in [-0.4, -0.2) is 14.3 Å². The Kier molecular flexibility index (Phi) is 4.50. The van der Waals surface area contributed by atoms with E-state index in [1.807, 2.05) is 0 Å². The molecular formula is C14H13ClN2O3S. The Morgan fingerprint density at radius 3 is 2.33 bits per heavy atom. The number of nitrogens with one attached hydrogen (secondary N) is 1. The number of sulfonamides is 1. The molecule has 0 saturated carbocycles. The number of benzene rings is 2. The molecule has 2 aromatic carbocycles. The molecule has 0 unspecified atom stereocenters. The maximum atomic E-state index is 12.1. The van der Waals surface area contributed by atoms with Gasteiger partial charge >= 0.3 is 0 Å². The molecule has 2 aromatic rings. The van der Waals surface area contributed by atoms with Crippen LogP contribution in [0.15, 0.2) is 48.5 Å². The lowest BCUT2D eigenvalue weighted by Crippen LogP contribution is -2.19. The summed E-state index contributed by atoms with van der Waals surface area (Å²) < 4.78 is 26.6. The Balaban J connectivity index is 2.22. The van der Waals surface area contributed by atoms with Crippen molar-refractivity contribution in [3.8, 4) is 0 Å². The van der Waals surface area contributed by atoms with Crippen LogP contribution in [0.25, 0.3) is 0 Å². The van der Waals surface area contributed by atoms with Crippen molar-refractivity contribution in [2.45, 2.75) is 5.75 Å². The molecular weight excluding hydrogens is 312 g/mol. The summed E-state index contributed by atoms with van der Waals surface area (Å²) in [7, 11) is -3.66. The first-order valence-corrected chi connectivity index (χ1v) is 8.04. The van der Waals surface area contributed by atoms with Gasteiger partial charge < -0.3 is 5.73 Å². The summed E-state index contributed by atoms with van der Waals surface area (Å²) in [6, 6.07) is 12.7. The number of rotatable bonds is 5. The van der Waals surface area contributed by atoms with E-state index >= 15 is 0 Å². The Labute approximate surface area is 127 Å². The first-order valence-electron chi connectivity index (χ1n) is 6.01. The molecule has 0 aliphatic carbocycles. The van der Waals surface area contributed by atoms with E-state index in [-0.39, 0.29) is 17.0 Å². The Hall–Kier alpha value is -2.05. The number of halogens is 1. The van der Waals surface area contributed by atoms with Crippen LogP contribution >= 0.6 is 11.6 Å². The summed E-state index contributed by atoms with van der Waals surface area (Å²) in [4.78, 5) is 11.3. The van der Waals surface area contributed by atoms with E-state index in [9.17, 15) is 13.2 Å². The molecule has 5 nitrogen and oxygen atoms in total. The molecule has 0 spiro atoms. The fourth-order valence-electron chi connectivity index (χ4n) is 1.79. The van der Waals surface area contributed by atoms with Gasteiger partial charge in [0.2, 0.25) is 10.0 Å². The van der Waals surface area contributed by atoms with Crippen LogP contribution in [0.5, 0.6) is 0 Å². The van der Waals surface area contributed by atoms with Crippen LogP contribution in [0.4, 0.5) is 5.69 Å². The molecule has 0 fully saturated rings. The van der Waals surface area contributed by atoms with Crippen molar-refractivity contribution >= 4 is 33.2 Å². The van der Waals surface area contributed by atoms with Gasteiger partial charge in [-0.1, -0.05) is 35.9 Å². The van der Waals surface area contributed by atoms with Gasteiger partial charge in [-0.2, -0.15) is 0 Å². The first kappa shape index (κ1) is 15.3. The number of hydrogen-bond acceptors (Lipinski definition) is 3. The number of primary amides is 1. The molecule has 110 valence electrons. The van der Waals surface area contributed by atoms with Gasteiger partial charge in [0.1, 0.15) is 0 Å². The Morgan fingerprint density at radius 1 is 1.10 bits per heavy atom. The van der Waals surface area contributed by atoms with Gasteiger partial charge in [-0.05, 0) is 29.8 Å². The van der Waals surface area contributed by atoms with Crippen molar-refractivity contribution < 1.29 is 13.2 Å². The summed E-state index contributed by atoms with van der Waals surface area (Å²) in [6.45, 7) is 0. The van der Waals surface area contributed by atoms with E-state index in [0.717, 1.165) is 0 Å². The second kappa shape index (κ2) is 6.15. The average Bonchev–Trinajstić information content (AvgIpc) is 2.41. The zero-order valence-electron chi connectivity index (χ0n) is 10.9. The highest BCUT2D eigenvalue weighted by Gasteiger charge is 2.15. The summed E-state index contributed by atoms with van der Waals surface area (Å²) >= 11 is 5.75. The average molecular weight is 325 g/mol. The molecule has 3 N–H and O–H groups in total. The molecule has 0 aliphatic rings. The molecule has 2 rings (SSSR count). The van der Waals surface area contributed by atoms with Crippen LogP contribution in [0, 0.1) is 0 Å². The van der Waals surface area contributed by atoms with Crippen LogP contribution < -0.4 is 10.5 Å². The number of para-hydroxylation sites is 1. The molecule has 7 heteroatoms. The second-order valence-corrected chi connectivity index (χ2v) is 6.56. The topological polar surface area (TPSA) is 89.3 Å². The zero-order valence-corrected chi connectivity index (χ0v) is 12.5. The molecule has 0 saturated heterocycles. The second-order valence-electron chi connectivity index (χ2n) is 4.40. The van der Waals surface area contributed by atoms with Crippen LogP contribution in [0.2, 0.25) is 5.02 Å². The van der Waals surface area contributed by atoms with Crippen molar-refractivity contribution in [3.63, 3.8) is 0 Å². The summed E-state index contributed by atoms with van der Waals surface area (Å²) in [5, 5.41) is 0.531. The van der Waals surface area contributed by atoms with Crippen molar-refractivity contribution in [1.82, 2.24) is 0 Å². The van der Waals surface area contributed by atoms with E-state index in [1.165, 1.54) is 12.1 Å². The molecule has 0 aromatic heterocycles. The van der Waals surface area contributed by atoms with Crippen LogP contribution in [-0.2, 0) is 15.8 Å². The van der Waals surface area contributed by atoms with Gasteiger partial charge in [-0.15, -0.1) is 0 Å². The van der Waals surface area contributed by atoms with Crippen molar-refractivity contribution in [1.29, 1.82) is 0 Å². The number of nitrogens with two attached hydrogens (primary N) is 1. The van der Waals surface area contributed by atoms with Crippen LogP contribution in [0.3, 0.4) is 0 Å². The minimum atomic E-state index is -3.66. The van der Waals surface area contributed by atoms with E-state index in [4.69, 9.17) is 17.3 Å². The highest BCUT2D eigenvalue weighted by atomic mass is 35.5. The van der Waals surface area contributed by atoms with Gasteiger partial charge in [-0.25, -0.2) is 8.42 Å². The largest absolute Gasteiger partial charge is 0.366 e. The van der Waals surface area contributed by atoms with Crippen molar-refractivity contribution in [2.75, 3.05) is 4.72 Å². The maximum Gasteiger partial charge on any atom is 0.250 e. The van der Waals surface area contributed by atoms with Gasteiger partial charge in [0.05, 0.1) is 17.0 Å². The van der Waals surface area contributed by atoms with E-state index in [1.54, 1.807) is 36.4 Å². The highest BCUT2D eigenvalue weighted by molar-refractivity contribution is 7.91. The summed E-state index contributed by atoms with van der Waals surface area (Å²) in [5.74, 6) is -0.920. The minimum Gasteiger partial charge on any atom is -0.366 e. The lowest BCUT2D eigenvalue weighted by Gasteiger charge is -2.10. The fraction of sp³-hybridized carbons (Fsp3) is 0.0714. The monoisotopic (exact) mass is 324 g/mol. The highest BCUT2D eigenvalue weighted by Crippen LogP contribution is 2.18. The number of carbonyl (C=O) groups is 1. The van der Waals surface area contributed by atoms with E-state index < -0.39 is 15.9 Å². The number of anilines is 1. The Morgan fingerprint density at radius 2 is 1.71 bits per heavy atom. The Bertz CT molecular complexity index is 758. The summed E-state index contributed by atoms with van der Waals surface area (Å²) in [5.41, 5.74) is 6.09. The predicted molar refractivity (Wildman–Crippen MR) is 82.7 cm³/mol. The lowest BCUT2D eigenvalue weighted by molar-refractivity contribution is 0.100.